The molecular weight excluding hydrogens is 371 g/mol. The van der Waals surface area contributed by atoms with E-state index in [0.717, 1.165) is 11.3 Å². The number of nitrogens with zero attached hydrogens (tertiary/aromatic N) is 3. The summed E-state index contributed by atoms with van der Waals surface area (Å²) in [6.45, 7) is 3.32. The minimum atomic E-state index is -0.470. The summed E-state index contributed by atoms with van der Waals surface area (Å²) in [4.78, 5) is 11.2. The van der Waals surface area contributed by atoms with E-state index < -0.39 is 5.82 Å². The van der Waals surface area contributed by atoms with E-state index in [9.17, 15) is 9.18 Å². The molecule has 1 amide bonds. The highest BCUT2D eigenvalue weighted by Gasteiger charge is 2.16. The van der Waals surface area contributed by atoms with E-state index >= 15 is 0 Å². The zero-order valence-corrected chi connectivity index (χ0v) is 15.9. The van der Waals surface area contributed by atoms with Crippen molar-refractivity contribution in [3.63, 3.8) is 0 Å². The smallest absolute Gasteiger partial charge is 0.221 e. The number of rotatable bonds is 5. The number of carbonyl (C=O) groups excluding carboxylic acids is 1. The Hall–Kier alpha value is -3.94. The number of aryl methyl sites for hydroxylation is 1. The number of aromatic nitrogens is 4. The summed E-state index contributed by atoms with van der Waals surface area (Å²) in [5.41, 5.74) is 4.09. The van der Waals surface area contributed by atoms with Crippen molar-refractivity contribution >= 4 is 23.1 Å². The number of benzene rings is 2. The Labute approximate surface area is 166 Å². The van der Waals surface area contributed by atoms with Gasteiger partial charge in [-0.15, -0.1) is 0 Å². The van der Waals surface area contributed by atoms with Crippen molar-refractivity contribution in [3.8, 4) is 16.9 Å². The van der Waals surface area contributed by atoms with Gasteiger partial charge in [-0.25, -0.2) is 9.07 Å². The fraction of sp³-hybridized carbons (Fsp3) is 0.0952. The average Bonchev–Trinajstić information content (AvgIpc) is 3.34. The Morgan fingerprint density at radius 1 is 1.17 bits per heavy atom. The Kier molecular flexibility index (Phi) is 4.82. The fourth-order valence-corrected chi connectivity index (χ4v) is 3.02. The van der Waals surface area contributed by atoms with Crippen molar-refractivity contribution in [1.82, 2.24) is 20.0 Å². The van der Waals surface area contributed by atoms with Crippen molar-refractivity contribution in [2.24, 2.45) is 0 Å². The Balaban J connectivity index is 1.55. The second-order valence-electron chi connectivity index (χ2n) is 6.59. The lowest BCUT2D eigenvalue weighted by Crippen LogP contribution is -2.06. The van der Waals surface area contributed by atoms with Gasteiger partial charge in [0.1, 0.15) is 5.69 Å². The molecule has 0 aliphatic rings. The number of halogens is 1. The molecule has 7 nitrogen and oxygen atoms in total. The molecule has 0 spiro atoms. The molecule has 4 rings (SSSR count). The molecule has 4 aromatic rings. The van der Waals surface area contributed by atoms with Gasteiger partial charge in [-0.3, -0.25) is 9.89 Å². The van der Waals surface area contributed by atoms with Crippen LogP contribution < -0.4 is 10.6 Å². The highest BCUT2D eigenvalue weighted by molar-refractivity contribution is 5.89. The minimum absolute atomic E-state index is 0.103. The third kappa shape index (κ3) is 3.86. The molecule has 2 heterocycles. The van der Waals surface area contributed by atoms with Crippen molar-refractivity contribution in [2.45, 2.75) is 13.8 Å². The fourth-order valence-electron chi connectivity index (χ4n) is 3.02. The van der Waals surface area contributed by atoms with E-state index in [4.69, 9.17) is 0 Å². The Morgan fingerprint density at radius 3 is 2.62 bits per heavy atom. The first-order valence-electron chi connectivity index (χ1n) is 9.01. The zero-order chi connectivity index (χ0) is 20.4. The van der Waals surface area contributed by atoms with E-state index in [2.05, 4.69) is 25.9 Å². The summed E-state index contributed by atoms with van der Waals surface area (Å²) in [5.74, 6) is -0.514. The van der Waals surface area contributed by atoms with Gasteiger partial charge in [0.25, 0.3) is 0 Å². The van der Waals surface area contributed by atoms with Crippen LogP contribution in [0.4, 0.5) is 21.6 Å². The van der Waals surface area contributed by atoms with Crippen molar-refractivity contribution < 1.29 is 9.18 Å². The van der Waals surface area contributed by atoms with Crippen molar-refractivity contribution in [1.29, 1.82) is 0 Å². The topological polar surface area (TPSA) is 87.6 Å². The molecule has 3 N–H and O–H groups in total. The van der Waals surface area contributed by atoms with Gasteiger partial charge >= 0.3 is 0 Å². The molecule has 29 heavy (non-hydrogen) atoms. The second-order valence-corrected chi connectivity index (χ2v) is 6.59. The van der Waals surface area contributed by atoms with Crippen molar-refractivity contribution in [2.75, 3.05) is 10.6 Å². The number of anilines is 3. The molecule has 0 unspecified atom stereocenters. The van der Waals surface area contributed by atoms with Crippen LogP contribution in [0.2, 0.25) is 0 Å². The van der Waals surface area contributed by atoms with E-state index in [0.29, 0.717) is 22.6 Å². The van der Waals surface area contributed by atoms with E-state index in [1.54, 1.807) is 23.0 Å². The molecule has 0 atom stereocenters. The standard InChI is InChI=1S/C21H19FN6O/c1-13-12-16(24-14(2)29)6-9-18(13)25-21-19(22)20(26-27-21)15-4-7-17(8-5-15)28-11-3-10-23-28/h3-12H,1-2H3,(H,24,29)(H2,25,26,27). The molecule has 2 aromatic carbocycles. The predicted octanol–water partition coefficient (Wildman–Crippen LogP) is 4.41. The second kappa shape index (κ2) is 7.59. The van der Waals surface area contributed by atoms with Gasteiger partial charge < -0.3 is 10.6 Å². The number of aromatic amines is 1. The first kappa shape index (κ1) is 18.4. The molecular formula is C21H19FN6O. The van der Waals surface area contributed by atoms with Gasteiger partial charge in [-0.05, 0) is 48.9 Å². The van der Waals surface area contributed by atoms with Gasteiger partial charge in [0.05, 0.1) is 5.69 Å². The summed E-state index contributed by atoms with van der Waals surface area (Å²) in [6, 6.07) is 14.5. The Bertz CT molecular complexity index is 1150. The normalized spacial score (nSPS) is 10.7. The molecule has 0 aliphatic heterocycles. The van der Waals surface area contributed by atoms with Crippen LogP contribution in [0.15, 0.2) is 60.9 Å². The van der Waals surface area contributed by atoms with Crippen LogP contribution in [0.25, 0.3) is 16.9 Å². The molecule has 0 saturated carbocycles. The maximum Gasteiger partial charge on any atom is 0.221 e. The molecule has 0 fully saturated rings. The predicted molar refractivity (Wildman–Crippen MR) is 110 cm³/mol. The maximum absolute atomic E-state index is 14.9. The Morgan fingerprint density at radius 2 is 1.97 bits per heavy atom. The number of H-pyrrole nitrogens is 1. The number of carbonyl (C=O) groups is 1. The van der Waals surface area contributed by atoms with Gasteiger partial charge in [0.15, 0.2) is 11.6 Å². The molecule has 0 radical (unpaired) electrons. The van der Waals surface area contributed by atoms with Crippen LogP contribution in [0, 0.1) is 12.7 Å². The van der Waals surface area contributed by atoms with Gasteiger partial charge in [-0.2, -0.15) is 10.2 Å². The summed E-state index contributed by atoms with van der Waals surface area (Å²) >= 11 is 0. The molecule has 2 aromatic heterocycles. The van der Waals surface area contributed by atoms with Crippen LogP contribution >= 0.6 is 0 Å². The molecule has 0 aliphatic carbocycles. The highest BCUT2D eigenvalue weighted by atomic mass is 19.1. The van der Waals surface area contributed by atoms with Crippen LogP contribution in [-0.2, 0) is 4.79 Å². The molecule has 146 valence electrons. The van der Waals surface area contributed by atoms with Crippen molar-refractivity contribution in [3.05, 3.63) is 72.3 Å². The monoisotopic (exact) mass is 390 g/mol. The largest absolute Gasteiger partial charge is 0.336 e. The summed E-state index contributed by atoms with van der Waals surface area (Å²) in [7, 11) is 0. The quantitative estimate of drug-likeness (QED) is 0.471. The third-order valence-corrected chi connectivity index (χ3v) is 4.43. The van der Waals surface area contributed by atoms with Crippen LogP contribution in [-0.4, -0.2) is 25.9 Å². The minimum Gasteiger partial charge on any atom is -0.336 e. The van der Waals surface area contributed by atoms with Crippen LogP contribution in [0.1, 0.15) is 12.5 Å². The van der Waals surface area contributed by atoms with Gasteiger partial charge in [0.2, 0.25) is 5.91 Å². The summed E-state index contributed by atoms with van der Waals surface area (Å²) in [6.07, 6.45) is 3.54. The number of hydrogen-bond acceptors (Lipinski definition) is 4. The van der Waals surface area contributed by atoms with Crippen LogP contribution in [0.3, 0.4) is 0 Å². The molecule has 0 bridgehead atoms. The number of nitrogens with one attached hydrogen (secondary N) is 3. The molecule has 0 saturated heterocycles. The lowest BCUT2D eigenvalue weighted by atomic mass is 10.1. The maximum atomic E-state index is 14.9. The molecule has 8 heteroatoms. The average molecular weight is 390 g/mol. The van der Waals surface area contributed by atoms with Gasteiger partial charge in [0, 0.05) is 36.3 Å². The first-order chi connectivity index (χ1) is 14.0. The lowest BCUT2D eigenvalue weighted by Gasteiger charge is -2.10. The van der Waals surface area contributed by atoms with E-state index in [1.807, 2.05) is 49.5 Å². The SMILES string of the molecule is CC(=O)Nc1ccc(Nc2n[nH]c(-c3ccc(-n4cccn4)cc3)c2F)c(C)c1. The number of amides is 1. The lowest BCUT2D eigenvalue weighted by molar-refractivity contribution is -0.114. The van der Waals surface area contributed by atoms with Crippen LogP contribution in [0.5, 0.6) is 0 Å². The summed E-state index contributed by atoms with van der Waals surface area (Å²) < 4.78 is 16.7. The third-order valence-electron chi connectivity index (χ3n) is 4.43. The van der Waals surface area contributed by atoms with E-state index in [1.165, 1.54) is 6.92 Å². The summed E-state index contributed by atoms with van der Waals surface area (Å²) in [5, 5.41) is 16.7. The van der Waals surface area contributed by atoms with E-state index in [-0.39, 0.29) is 11.7 Å². The van der Waals surface area contributed by atoms with Gasteiger partial charge in [-0.1, -0.05) is 12.1 Å². The highest BCUT2D eigenvalue weighted by Crippen LogP contribution is 2.29. The first-order valence-corrected chi connectivity index (χ1v) is 9.01. The zero-order valence-electron chi connectivity index (χ0n) is 15.9. The number of hydrogen-bond donors (Lipinski definition) is 3.